The van der Waals surface area contributed by atoms with E-state index in [4.69, 9.17) is 4.74 Å². The molecular formula is C23H27N7O4S. The minimum Gasteiger partial charge on any atom is -0.379 e. The maximum absolute atomic E-state index is 13.5. The lowest BCUT2D eigenvalue weighted by molar-refractivity contribution is 0.0730. The van der Waals surface area contributed by atoms with Gasteiger partial charge < -0.3 is 15.0 Å². The molecule has 3 aromatic rings. The molecule has 1 aromatic heterocycles. The van der Waals surface area contributed by atoms with Gasteiger partial charge in [-0.05, 0) is 66.1 Å². The number of rotatable bonds is 6. The van der Waals surface area contributed by atoms with E-state index in [9.17, 15) is 13.2 Å². The van der Waals surface area contributed by atoms with Crippen molar-refractivity contribution in [2.75, 3.05) is 49.6 Å². The van der Waals surface area contributed by atoms with E-state index in [-0.39, 0.29) is 10.8 Å². The fourth-order valence-electron chi connectivity index (χ4n) is 4.41. The van der Waals surface area contributed by atoms with Gasteiger partial charge in [-0.3, -0.25) is 4.79 Å². The highest BCUT2D eigenvalue weighted by Gasteiger charge is 2.29. The molecule has 2 aliphatic rings. The highest BCUT2D eigenvalue weighted by Crippen LogP contribution is 2.29. The van der Waals surface area contributed by atoms with Crippen LogP contribution < -0.4 is 10.2 Å². The zero-order valence-corrected chi connectivity index (χ0v) is 20.0. The molecular weight excluding hydrogens is 470 g/mol. The number of nitrogens with zero attached hydrogens (tertiary/aromatic N) is 6. The summed E-state index contributed by atoms with van der Waals surface area (Å²) in [6.45, 7) is 2.95. The van der Waals surface area contributed by atoms with Gasteiger partial charge in [-0.1, -0.05) is 6.07 Å². The Balaban J connectivity index is 1.48. The monoisotopic (exact) mass is 497 g/mol. The second kappa shape index (κ2) is 10.1. The number of hydrogen-bond acceptors (Lipinski definition) is 8. The molecule has 2 saturated heterocycles. The molecule has 0 spiro atoms. The van der Waals surface area contributed by atoms with Crippen molar-refractivity contribution >= 4 is 27.3 Å². The smallest absolute Gasteiger partial charge is 0.257 e. The zero-order valence-electron chi connectivity index (χ0n) is 19.2. The fraction of sp³-hybridized carbons (Fsp3) is 0.391. The molecule has 0 bridgehead atoms. The number of benzene rings is 2. The Labute approximate surface area is 203 Å². The van der Waals surface area contributed by atoms with Crippen molar-refractivity contribution in [3.63, 3.8) is 0 Å². The number of hydrogen-bond donors (Lipinski definition) is 1. The van der Waals surface area contributed by atoms with Crippen LogP contribution in [0.4, 0.5) is 11.4 Å². The van der Waals surface area contributed by atoms with E-state index in [1.165, 1.54) is 21.4 Å². The van der Waals surface area contributed by atoms with Gasteiger partial charge in [-0.25, -0.2) is 13.1 Å². The third-order valence-corrected chi connectivity index (χ3v) is 8.13. The summed E-state index contributed by atoms with van der Waals surface area (Å²) in [6, 6.07) is 12.0. The van der Waals surface area contributed by atoms with Crippen LogP contribution in [-0.2, 0) is 14.8 Å². The van der Waals surface area contributed by atoms with E-state index < -0.39 is 10.0 Å². The third kappa shape index (κ3) is 5.04. The van der Waals surface area contributed by atoms with Crippen molar-refractivity contribution < 1.29 is 17.9 Å². The molecule has 1 amide bonds. The number of carbonyl (C=O) groups excluding carboxylic acids is 1. The van der Waals surface area contributed by atoms with Crippen LogP contribution in [0.2, 0.25) is 0 Å². The summed E-state index contributed by atoms with van der Waals surface area (Å²) in [7, 11) is -3.75. The molecule has 0 unspecified atom stereocenters. The van der Waals surface area contributed by atoms with Gasteiger partial charge in [-0.15, -0.1) is 5.10 Å². The number of carbonyl (C=O) groups is 1. The van der Waals surface area contributed by atoms with Crippen molar-refractivity contribution in [3.8, 4) is 5.69 Å². The SMILES string of the molecule is O=C(Nc1cccc(-n2cnnn2)c1)c1cc(S(=O)(=O)N2CCOCC2)ccc1N1CCCCC1. The summed E-state index contributed by atoms with van der Waals surface area (Å²) in [5.41, 5.74) is 2.30. The molecule has 0 atom stereocenters. The Bertz CT molecular complexity index is 1280. The summed E-state index contributed by atoms with van der Waals surface area (Å²) in [6.07, 6.45) is 4.67. The summed E-state index contributed by atoms with van der Waals surface area (Å²) in [5.74, 6) is -0.376. The van der Waals surface area contributed by atoms with E-state index >= 15 is 0 Å². The normalized spacial score (nSPS) is 17.3. The minimum atomic E-state index is -3.75. The van der Waals surface area contributed by atoms with Crippen LogP contribution in [0, 0.1) is 0 Å². The number of tetrazole rings is 1. The molecule has 184 valence electrons. The predicted molar refractivity (Wildman–Crippen MR) is 129 cm³/mol. The summed E-state index contributed by atoms with van der Waals surface area (Å²) < 4.78 is 34.8. The Kier molecular flexibility index (Phi) is 6.75. The van der Waals surface area contributed by atoms with E-state index in [0.717, 1.165) is 38.0 Å². The second-order valence-corrected chi connectivity index (χ2v) is 10.4. The van der Waals surface area contributed by atoms with Crippen LogP contribution >= 0.6 is 0 Å². The molecule has 1 N–H and O–H groups in total. The number of amides is 1. The molecule has 12 heteroatoms. The molecule has 35 heavy (non-hydrogen) atoms. The molecule has 2 fully saturated rings. The van der Waals surface area contributed by atoms with Crippen LogP contribution in [0.5, 0.6) is 0 Å². The first kappa shape index (κ1) is 23.4. The Morgan fingerprint density at radius 2 is 1.77 bits per heavy atom. The van der Waals surface area contributed by atoms with Crippen LogP contribution in [-0.4, -0.2) is 78.2 Å². The fourth-order valence-corrected chi connectivity index (χ4v) is 5.84. The van der Waals surface area contributed by atoms with Crippen molar-refractivity contribution in [1.82, 2.24) is 24.5 Å². The highest BCUT2D eigenvalue weighted by atomic mass is 32.2. The number of piperidine rings is 1. The number of ether oxygens (including phenoxy) is 1. The van der Waals surface area contributed by atoms with Crippen molar-refractivity contribution in [2.45, 2.75) is 24.2 Å². The number of morpholine rings is 1. The molecule has 2 aromatic carbocycles. The van der Waals surface area contributed by atoms with Gasteiger partial charge in [0.25, 0.3) is 5.91 Å². The van der Waals surface area contributed by atoms with Gasteiger partial charge in [0, 0.05) is 37.6 Å². The van der Waals surface area contributed by atoms with Crippen LogP contribution in [0.1, 0.15) is 29.6 Å². The van der Waals surface area contributed by atoms with Crippen molar-refractivity contribution in [2.24, 2.45) is 0 Å². The first-order valence-corrected chi connectivity index (χ1v) is 13.1. The van der Waals surface area contributed by atoms with Gasteiger partial charge in [-0.2, -0.15) is 4.31 Å². The van der Waals surface area contributed by atoms with Crippen LogP contribution in [0.3, 0.4) is 0 Å². The average Bonchev–Trinajstić information content (AvgIpc) is 3.45. The minimum absolute atomic E-state index is 0.104. The maximum Gasteiger partial charge on any atom is 0.257 e. The number of anilines is 2. The molecule has 0 saturated carbocycles. The molecule has 0 aliphatic carbocycles. The Morgan fingerprint density at radius 3 is 2.51 bits per heavy atom. The largest absolute Gasteiger partial charge is 0.379 e. The Morgan fingerprint density at radius 1 is 0.971 bits per heavy atom. The number of aromatic nitrogens is 4. The van der Waals surface area contributed by atoms with Crippen molar-refractivity contribution in [1.29, 1.82) is 0 Å². The standard InChI is InChI=1S/C23H27N7O4S/c31-23(25-18-5-4-6-19(15-18)30-17-24-26-27-30)21-16-20(35(32,33)29-11-13-34-14-12-29)7-8-22(21)28-9-2-1-3-10-28/h4-8,15-17H,1-3,9-14H2,(H,25,31). The topological polar surface area (TPSA) is 123 Å². The lowest BCUT2D eigenvalue weighted by atomic mass is 10.1. The average molecular weight is 498 g/mol. The number of nitrogens with one attached hydrogen (secondary N) is 1. The zero-order chi connectivity index (χ0) is 24.3. The molecule has 11 nitrogen and oxygen atoms in total. The van der Waals surface area contributed by atoms with Gasteiger partial charge in [0.05, 0.1) is 29.4 Å². The quantitative estimate of drug-likeness (QED) is 0.548. The van der Waals surface area contributed by atoms with Crippen LogP contribution in [0.15, 0.2) is 53.7 Å². The molecule has 0 radical (unpaired) electrons. The van der Waals surface area contributed by atoms with E-state index in [1.807, 2.05) is 6.07 Å². The van der Waals surface area contributed by atoms with Gasteiger partial charge in [0.1, 0.15) is 6.33 Å². The lowest BCUT2D eigenvalue weighted by Crippen LogP contribution is -2.40. The summed E-state index contributed by atoms with van der Waals surface area (Å²) >= 11 is 0. The first-order valence-electron chi connectivity index (χ1n) is 11.6. The van der Waals surface area contributed by atoms with Gasteiger partial charge >= 0.3 is 0 Å². The van der Waals surface area contributed by atoms with E-state index in [2.05, 4.69) is 25.7 Å². The van der Waals surface area contributed by atoms with Gasteiger partial charge in [0.2, 0.25) is 10.0 Å². The summed E-state index contributed by atoms with van der Waals surface area (Å²) in [4.78, 5) is 15.8. The highest BCUT2D eigenvalue weighted by molar-refractivity contribution is 7.89. The van der Waals surface area contributed by atoms with Gasteiger partial charge in [0.15, 0.2) is 0 Å². The first-order chi connectivity index (χ1) is 17.0. The Hall–Kier alpha value is -3.35. The second-order valence-electron chi connectivity index (χ2n) is 8.50. The maximum atomic E-state index is 13.5. The summed E-state index contributed by atoms with van der Waals surface area (Å²) in [5, 5.41) is 14.1. The molecule has 3 heterocycles. The van der Waals surface area contributed by atoms with E-state index in [0.29, 0.717) is 43.2 Å². The van der Waals surface area contributed by atoms with Crippen molar-refractivity contribution in [3.05, 3.63) is 54.4 Å². The lowest BCUT2D eigenvalue weighted by Gasteiger charge is -2.31. The molecule has 5 rings (SSSR count). The third-order valence-electron chi connectivity index (χ3n) is 6.23. The molecule has 2 aliphatic heterocycles. The number of sulfonamides is 1. The predicted octanol–water partition coefficient (Wildman–Crippen LogP) is 1.93. The van der Waals surface area contributed by atoms with E-state index in [1.54, 1.807) is 30.3 Å². The van der Waals surface area contributed by atoms with Crippen LogP contribution in [0.25, 0.3) is 5.69 Å².